The number of nitrogens with two attached hydrogens (primary N) is 1. The van der Waals surface area contributed by atoms with Gasteiger partial charge in [-0.2, -0.15) is 0 Å². The van der Waals surface area contributed by atoms with Crippen molar-refractivity contribution in [3.05, 3.63) is 21.9 Å². The van der Waals surface area contributed by atoms with Crippen molar-refractivity contribution < 1.29 is 0 Å². The SMILES string of the molecule is CN(C1CCCCCC1)C(CN)c1ccc(C(C)(C)C)s1. The molecule has 120 valence electrons. The third kappa shape index (κ3) is 4.30. The lowest BCUT2D eigenvalue weighted by molar-refractivity contribution is 0.163. The minimum absolute atomic E-state index is 0.239. The lowest BCUT2D eigenvalue weighted by Crippen LogP contribution is -2.38. The third-order valence-corrected chi connectivity index (χ3v) is 6.42. The Bertz CT molecular complexity index is 425. The van der Waals surface area contributed by atoms with E-state index in [2.05, 4.69) is 44.9 Å². The molecular formula is C18H32N2S. The van der Waals surface area contributed by atoms with Crippen molar-refractivity contribution in [1.82, 2.24) is 4.90 Å². The van der Waals surface area contributed by atoms with Crippen molar-refractivity contribution in [2.24, 2.45) is 5.73 Å². The average Bonchev–Trinajstić information content (AvgIpc) is 2.75. The van der Waals surface area contributed by atoms with Crippen LogP contribution in [0.1, 0.15) is 75.1 Å². The smallest absolute Gasteiger partial charge is 0.0564 e. The molecule has 1 atom stereocenters. The maximum absolute atomic E-state index is 6.13. The van der Waals surface area contributed by atoms with E-state index in [1.165, 1.54) is 48.3 Å². The normalized spacial score (nSPS) is 19.7. The second kappa shape index (κ2) is 7.26. The highest BCUT2D eigenvalue weighted by molar-refractivity contribution is 7.12. The number of nitrogens with zero attached hydrogens (tertiary/aromatic N) is 1. The van der Waals surface area contributed by atoms with Gasteiger partial charge in [0.05, 0.1) is 6.04 Å². The third-order valence-electron chi connectivity index (χ3n) is 4.81. The van der Waals surface area contributed by atoms with Gasteiger partial charge in [-0.3, -0.25) is 4.90 Å². The zero-order valence-electron chi connectivity index (χ0n) is 14.2. The first kappa shape index (κ1) is 17.0. The first-order valence-electron chi connectivity index (χ1n) is 8.45. The number of likely N-dealkylation sites (N-methyl/N-ethyl adjacent to an activating group) is 1. The lowest BCUT2D eigenvalue weighted by Gasteiger charge is -2.33. The van der Waals surface area contributed by atoms with Gasteiger partial charge in [0.25, 0.3) is 0 Å². The Labute approximate surface area is 134 Å². The number of hydrogen-bond acceptors (Lipinski definition) is 3. The zero-order chi connectivity index (χ0) is 15.5. The van der Waals surface area contributed by atoms with E-state index in [0.717, 1.165) is 6.54 Å². The van der Waals surface area contributed by atoms with Crippen LogP contribution in [0.2, 0.25) is 0 Å². The summed E-state index contributed by atoms with van der Waals surface area (Å²) < 4.78 is 0. The molecule has 0 bridgehead atoms. The Morgan fingerprint density at radius 2 is 1.81 bits per heavy atom. The summed E-state index contributed by atoms with van der Waals surface area (Å²) in [5.74, 6) is 0. The maximum atomic E-state index is 6.13. The Morgan fingerprint density at radius 1 is 1.19 bits per heavy atom. The summed E-state index contributed by atoms with van der Waals surface area (Å²) in [4.78, 5) is 5.46. The van der Waals surface area contributed by atoms with Crippen molar-refractivity contribution in [3.63, 3.8) is 0 Å². The lowest BCUT2D eigenvalue weighted by atomic mass is 9.95. The Kier molecular flexibility index (Phi) is 5.87. The molecule has 2 N–H and O–H groups in total. The largest absolute Gasteiger partial charge is 0.329 e. The molecule has 1 heterocycles. The van der Waals surface area contributed by atoms with Crippen LogP contribution in [0.25, 0.3) is 0 Å². The number of rotatable bonds is 4. The van der Waals surface area contributed by atoms with Crippen LogP contribution in [0.15, 0.2) is 12.1 Å². The highest BCUT2D eigenvalue weighted by Crippen LogP contribution is 2.35. The molecule has 3 heteroatoms. The molecule has 0 spiro atoms. The van der Waals surface area contributed by atoms with Crippen molar-refractivity contribution in [3.8, 4) is 0 Å². The van der Waals surface area contributed by atoms with Crippen LogP contribution in [0.3, 0.4) is 0 Å². The topological polar surface area (TPSA) is 29.3 Å². The van der Waals surface area contributed by atoms with Gasteiger partial charge in [-0.25, -0.2) is 0 Å². The van der Waals surface area contributed by atoms with Crippen LogP contribution in [0, 0.1) is 0 Å². The van der Waals surface area contributed by atoms with E-state index in [9.17, 15) is 0 Å². The molecule has 2 rings (SSSR count). The second-order valence-electron chi connectivity index (χ2n) is 7.51. The van der Waals surface area contributed by atoms with Gasteiger partial charge in [-0.1, -0.05) is 46.5 Å². The standard InChI is InChI=1S/C18H32N2S/c1-18(2,3)17-12-11-16(21-17)15(13-19)20(4)14-9-7-5-6-8-10-14/h11-12,14-15H,5-10,13,19H2,1-4H3. The van der Waals surface area contributed by atoms with Gasteiger partial charge < -0.3 is 5.73 Å². The molecule has 1 unspecified atom stereocenters. The van der Waals surface area contributed by atoms with Crippen molar-refractivity contribution in [2.45, 2.75) is 76.8 Å². The Morgan fingerprint density at radius 3 is 2.29 bits per heavy atom. The van der Waals surface area contributed by atoms with Crippen LogP contribution in [0.5, 0.6) is 0 Å². The van der Waals surface area contributed by atoms with E-state index in [-0.39, 0.29) is 5.41 Å². The Balaban J connectivity index is 2.12. The predicted molar refractivity (Wildman–Crippen MR) is 94.1 cm³/mol. The molecule has 0 radical (unpaired) electrons. The summed E-state index contributed by atoms with van der Waals surface area (Å²) in [5.41, 5.74) is 6.37. The molecule has 1 aliphatic carbocycles. The summed E-state index contributed by atoms with van der Waals surface area (Å²) in [6.07, 6.45) is 8.25. The summed E-state index contributed by atoms with van der Waals surface area (Å²) in [5, 5.41) is 0. The first-order valence-corrected chi connectivity index (χ1v) is 9.27. The van der Waals surface area contributed by atoms with Crippen LogP contribution >= 0.6 is 11.3 Å². The van der Waals surface area contributed by atoms with Crippen LogP contribution in [-0.2, 0) is 5.41 Å². The molecule has 0 aromatic carbocycles. The fourth-order valence-corrected chi connectivity index (χ4v) is 4.57. The average molecular weight is 309 g/mol. The molecule has 1 aromatic heterocycles. The van der Waals surface area contributed by atoms with Crippen LogP contribution < -0.4 is 5.73 Å². The maximum Gasteiger partial charge on any atom is 0.0564 e. The minimum atomic E-state index is 0.239. The quantitative estimate of drug-likeness (QED) is 0.817. The summed E-state index contributed by atoms with van der Waals surface area (Å²) in [6, 6.07) is 5.69. The van der Waals surface area contributed by atoms with E-state index in [0.29, 0.717) is 12.1 Å². The highest BCUT2D eigenvalue weighted by Gasteiger charge is 2.26. The highest BCUT2D eigenvalue weighted by atomic mass is 32.1. The van der Waals surface area contributed by atoms with Gasteiger partial charge in [-0.05, 0) is 37.4 Å². The Hall–Kier alpha value is -0.380. The molecule has 2 nitrogen and oxygen atoms in total. The van der Waals surface area contributed by atoms with Gasteiger partial charge in [0.2, 0.25) is 0 Å². The fourth-order valence-electron chi connectivity index (χ4n) is 3.34. The van der Waals surface area contributed by atoms with Gasteiger partial charge in [-0.15, -0.1) is 11.3 Å². The van der Waals surface area contributed by atoms with Crippen molar-refractivity contribution in [2.75, 3.05) is 13.6 Å². The fraction of sp³-hybridized carbons (Fsp3) is 0.778. The molecule has 0 saturated heterocycles. The van der Waals surface area contributed by atoms with E-state index in [4.69, 9.17) is 5.73 Å². The van der Waals surface area contributed by atoms with Crippen molar-refractivity contribution >= 4 is 11.3 Å². The molecule has 1 aromatic rings. The summed E-state index contributed by atoms with van der Waals surface area (Å²) >= 11 is 1.95. The molecule has 1 saturated carbocycles. The van der Waals surface area contributed by atoms with E-state index in [1.807, 2.05) is 11.3 Å². The molecular weight excluding hydrogens is 276 g/mol. The molecule has 1 fully saturated rings. The van der Waals surface area contributed by atoms with E-state index in [1.54, 1.807) is 0 Å². The second-order valence-corrected chi connectivity index (χ2v) is 8.63. The van der Waals surface area contributed by atoms with Gasteiger partial charge in [0, 0.05) is 22.3 Å². The number of thiophene rings is 1. The van der Waals surface area contributed by atoms with Gasteiger partial charge in [0.15, 0.2) is 0 Å². The van der Waals surface area contributed by atoms with Crippen LogP contribution in [0.4, 0.5) is 0 Å². The zero-order valence-corrected chi connectivity index (χ0v) is 15.0. The van der Waals surface area contributed by atoms with Gasteiger partial charge >= 0.3 is 0 Å². The molecule has 0 amide bonds. The predicted octanol–water partition coefficient (Wildman–Crippen LogP) is 4.70. The van der Waals surface area contributed by atoms with Crippen LogP contribution in [-0.4, -0.2) is 24.5 Å². The first-order chi connectivity index (χ1) is 9.93. The van der Waals surface area contributed by atoms with Crippen molar-refractivity contribution in [1.29, 1.82) is 0 Å². The monoisotopic (exact) mass is 308 g/mol. The van der Waals surface area contributed by atoms with E-state index < -0.39 is 0 Å². The molecule has 21 heavy (non-hydrogen) atoms. The summed E-state index contributed by atoms with van der Waals surface area (Å²) in [7, 11) is 2.28. The minimum Gasteiger partial charge on any atom is -0.329 e. The summed E-state index contributed by atoms with van der Waals surface area (Å²) in [6.45, 7) is 7.58. The number of hydrogen-bond donors (Lipinski definition) is 1. The van der Waals surface area contributed by atoms with E-state index >= 15 is 0 Å². The molecule has 1 aliphatic rings. The molecule has 0 aliphatic heterocycles. The van der Waals surface area contributed by atoms with Gasteiger partial charge in [0.1, 0.15) is 0 Å².